The van der Waals surface area contributed by atoms with Gasteiger partial charge in [0.2, 0.25) is 11.8 Å². The van der Waals surface area contributed by atoms with Crippen molar-refractivity contribution < 1.29 is 28.2 Å². The van der Waals surface area contributed by atoms with E-state index in [4.69, 9.17) is 14.2 Å². The van der Waals surface area contributed by atoms with E-state index in [1.165, 1.54) is 19.2 Å². The lowest BCUT2D eigenvalue weighted by molar-refractivity contribution is -0.122. The van der Waals surface area contributed by atoms with Crippen molar-refractivity contribution in [2.24, 2.45) is 5.92 Å². The van der Waals surface area contributed by atoms with Crippen LogP contribution in [0.25, 0.3) is 0 Å². The van der Waals surface area contributed by atoms with Crippen molar-refractivity contribution in [2.75, 3.05) is 31.0 Å². The first-order valence-corrected chi connectivity index (χ1v) is 10.8. The van der Waals surface area contributed by atoms with Gasteiger partial charge in [0.15, 0.2) is 11.5 Å². The highest BCUT2D eigenvalue weighted by Gasteiger charge is 2.35. The molecule has 176 valence electrons. The molecule has 0 saturated carbocycles. The van der Waals surface area contributed by atoms with Crippen molar-refractivity contribution in [3.8, 4) is 17.2 Å². The molecular formula is C26H25FN2O5. The molecule has 8 heteroatoms. The van der Waals surface area contributed by atoms with E-state index in [1.54, 1.807) is 60.5 Å². The van der Waals surface area contributed by atoms with Crippen LogP contribution in [-0.2, 0) is 16.2 Å². The quantitative estimate of drug-likeness (QED) is 0.534. The Kier molecular flexibility index (Phi) is 6.96. The third-order valence-electron chi connectivity index (χ3n) is 5.57. The van der Waals surface area contributed by atoms with Gasteiger partial charge in [-0.2, -0.15) is 0 Å². The number of hydrogen-bond donors (Lipinski definition) is 1. The Morgan fingerprint density at radius 1 is 1.03 bits per heavy atom. The van der Waals surface area contributed by atoms with Crippen LogP contribution in [0.5, 0.6) is 17.2 Å². The van der Waals surface area contributed by atoms with Crippen molar-refractivity contribution in [3.05, 3.63) is 78.1 Å². The lowest BCUT2D eigenvalue weighted by atomic mass is 10.1. The number of hydrogen-bond acceptors (Lipinski definition) is 5. The molecule has 1 unspecified atom stereocenters. The van der Waals surface area contributed by atoms with E-state index in [0.29, 0.717) is 28.6 Å². The van der Waals surface area contributed by atoms with Crippen LogP contribution >= 0.6 is 0 Å². The highest BCUT2D eigenvalue weighted by atomic mass is 19.1. The van der Waals surface area contributed by atoms with E-state index in [0.717, 1.165) is 5.56 Å². The van der Waals surface area contributed by atoms with E-state index in [9.17, 15) is 14.0 Å². The fraction of sp³-hybridized carbons (Fsp3) is 0.231. The molecule has 0 spiro atoms. The second-order valence-corrected chi connectivity index (χ2v) is 7.88. The predicted molar refractivity (Wildman–Crippen MR) is 126 cm³/mol. The lowest BCUT2D eigenvalue weighted by Gasteiger charge is -2.18. The highest BCUT2D eigenvalue weighted by Crippen LogP contribution is 2.34. The summed E-state index contributed by atoms with van der Waals surface area (Å²) >= 11 is 0. The summed E-state index contributed by atoms with van der Waals surface area (Å²) in [6.07, 6.45) is 0.114. The van der Waals surface area contributed by atoms with Crippen LogP contribution in [0.15, 0.2) is 66.7 Å². The molecule has 3 aromatic carbocycles. The molecule has 1 heterocycles. The molecule has 34 heavy (non-hydrogen) atoms. The maximum atomic E-state index is 13.3. The molecule has 3 aromatic rings. The topological polar surface area (TPSA) is 77.1 Å². The summed E-state index contributed by atoms with van der Waals surface area (Å²) < 4.78 is 29.5. The first-order valence-electron chi connectivity index (χ1n) is 10.8. The molecule has 0 aromatic heterocycles. The van der Waals surface area contributed by atoms with Gasteiger partial charge in [0.25, 0.3) is 0 Å². The number of carbonyl (C=O) groups excluding carboxylic acids is 2. The number of amides is 2. The Morgan fingerprint density at radius 3 is 2.59 bits per heavy atom. The van der Waals surface area contributed by atoms with E-state index < -0.39 is 5.92 Å². The Labute approximate surface area is 197 Å². The third kappa shape index (κ3) is 5.28. The van der Waals surface area contributed by atoms with Crippen LogP contribution in [0, 0.1) is 11.7 Å². The number of ether oxygens (including phenoxy) is 3. The maximum Gasteiger partial charge on any atom is 0.229 e. The van der Waals surface area contributed by atoms with Crippen LogP contribution in [0.4, 0.5) is 15.8 Å². The summed E-state index contributed by atoms with van der Waals surface area (Å²) in [4.78, 5) is 27.1. The molecule has 0 bridgehead atoms. The number of rotatable bonds is 8. The Morgan fingerprint density at radius 2 is 1.82 bits per heavy atom. The molecule has 1 aliphatic rings. The molecule has 7 nitrogen and oxygen atoms in total. The van der Waals surface area contributed by atoms with Gasteiger partial charge in [-0.25, -0.2) is 4.39 Å². The number of anilines is 2. The lowest BCUT2D eigenvalue weighted by Crippen LogP contribution is -2.28. The van der Waals surface area contributed by atoms with Crippen molar-refractivity contribution in [1.82, 2.24) is 0 Å². The van der Waals surface area contributed by atoms with Crippen molar-refractivity contribution in [3.63, 3.8) is 0 Å². The smallest absolute Gasteiger partial charge is 0.229 e. The number of methoxy groups -OCH3 is 2. The van der Waals surface area contributed by atoms with Gasteiger partial charge < -0.3 is 24.4 Å². The fourth-order valence-electron chi connectivity index (χ4n) is 3.83. The number of benzene rings is 3. The predicted octanol–water partition coefficient (Wildman–Crippen LogP) is 4.41. The van der Waals surface area contributed by atoms with Gasteiger partial charge in [0, 0.05) is 36.5 Å². The fourth-order valence-corrected chi connectivity index (χ4v) is 3.83. The zero-order chi connectivity index (χ0) is 24.1. The summed E-state index contributed by atoms with van der Waals surface area (Å²) in [5, 5.41) is 2.89. The number of nitrogens with one attached hydrogen (secondary N) is 1. The number of nitrogens with zero attached hydrogens (tertiary/aromatic N) is 1. The third-order valence-corrected chi connectivity index (χ3v) is 5.57. The van der Waals surface area contributed by atoms with Crippen molar-refractivity contribution >= 4 is 23.2 Å². The van der Waals surface area contributed by atoms with Crippen LogP contribution in [-0.4, -0.2) is 32.6 Å². The number of carbonyl (C=O) groups is 2. The summed E-state index contributed by atoms with van der Waals surface area (Å²) in [6.45, 7) is 0.491. The minimum Gasteiger partial charge on any atom is -0.493 e. The summed E-state index contributed by atoms with van der Waals surface area (Å²) in [5.41, 5.74) is 2.06. The molecule has 1 N–H and O–H groups in total. The SMILES string of the molecule is COc1ccc(N2CC(C(=O)Nc3cccc(COc4cccc(F)c4)c3)CC2=O)cc1OC. The zero-order valence-corrected chi connectivity index (χ0v) is 18.9. The van der Waals surface area contributed by atoms with Gasteiger partial charge in [0.05, 0.1) is 20.1 Å². The molecule has 1 fully saturated rings. The van der Waals surface area contributed by atoms with Crippen LogP contribution in [0.2, 0.25) is 0 Å². The van der Waals surface area contributed by atoms with Gasteiger partial charge in [-0.05, 0) is 42.0 Å². The molecule has 1 atom stereocenters. The number of halogens is 1. The minimum absolute atomic E-state index is 0.114. The highest BCUT2D eigenvalue weighted by molar-refractivity contribution is 6.03. The zero-order valence-electron chi connectivity index (χ0n) is 18.9. The molecule has 2 amide bonds. The minimum atomic E-state index is -0.493. The summed E-state index contributed by atoms with van der Waals surface area (Å²) in [5.74, 6) is 0.268. The van der Waals surface area contributed by atoms with Crippen LogP contribution in [0.3, 0.4) is 0 Å². The molecule has 0 radical (unpaired) electrons. The Hall–Kier alpha value is -4.07. The largest absolute Gasteiger partial charge is 0.493 e. The van der Waals surface area contributed by atoms with Crippen molar-refractivity contribution in [1.29, 1.82) is 0 Å². The second-order valence-electron chi connectivity index (χ2n) is 7.88. The normalized spacial score (nSPS) is 15.2. The summed E-state index contributed by atoms with van der Waals surface area (Å²) in [7, 11) is 3.07. The van der Waals surface area contributed by atoms with Crippen LogP contribution < -0.4 is 24.4 Å². The maximum absolute atomic E-state index is 13.3. The van der Waals surface area contributed by atoms with Gasteiger partial charge in [-0.15, -0.1) is 0 Å². The van der Waals surface area contributed by atoms with Gasteiger partial charge in [-0.3, -0.25) is 9.59 Å². The summed E-state index contributed by atoms with van der Waals surface area (Å²) in [6, 6.07) is 18.4. The molecule has 4 rings (SSSR count). The Balaban J connectivity index is 1.38. The van der Waals surface area contributed by atoms with Gasteiger partial charge in [-0.1, -0.05) is 18.2 Å². The molecule has 1 aliphatic heterocycles. The van der Waals surface area contributed by atoms with Gasteiger partial charge in [0.1, 0.15) is 18.2 Å². The first kappa shape index (κ1) is 23.1. The van der Waals surface area contributed by atoms with E-state index in [-0.39, 0.29) is 37.2 Å². The van der Waals surface area contributed by atoms with Crippen LogP contribution in [0.1, 0.15) is 12.0 Å². The monoisotopic (exact) mass is 464 g/mol. The Bertz CT molecular complexity index is 1200. The standard InChI is InChI=1S/C26H25FN2O5/c1-32-23-10-9-21(14-24(23)33-2)29-15-18(12-25(29)30)26(31)28-20-7-3-5-17(11-20)16-34-22-8-4-6-19(27)13-22/h3-11,13-14,18H,12,15-16H2,1-2H3,(H,28,31). The van der Waals surface area contributed by atoms with E-state index in [1.807, 2.05) is 6.07 Å². The van der Waals surface area contributed by atoms with E-state index in [2.05, 4.69) is 5.32 Å². The van der Waals surface area contributed by atoms with Gasteiger partial charge >= 0.3 is 0 Å². The first-order chi connectivity index (χ1) is 16.5. The molecule has 0 aliphatic carbocycles. The second kappa shape index (κ2) is 10.2. The molecular weight excluding hydrogens is 439 g/mol. The average molecular weight is 464 g/mol. The van der Waals surface area contributed by atoms with Crippen molar-refractivity contribution in [2.45, 2.75) is 13.0 Å². The van der Waals surface area contributed by atoms with E-state index >= 15 is 0 Å². The average Bonchev–Trinajstić information content (AvgIpc) is 3.24. The molecule has 1 saturated heterocycles.